The van der Waals surface area contributed by atoms with Crippen LogP contribution in [0.5, 0.6) is 0 Å². The maximum atomic E-state index is 12.0. The first-order valence-corrected chi connectivity index (χ1v) is 6.65. The van der Waals surface area contributed by atoms with Gasteiger partial charge in [0.25, 0.3) is 0 Å². The number of benzene rings is 1. The lowest BCUT2D eigenvalue weighted by Crippen LogP contribution is -2.47. The number of amides is 1. The number of hydrogen-bond acceptors (Lipinski definition) is 2. The summed E-state index contributed by atoms with van der Waals surface area (Å²) in [6.07, 6.45) is 2.78. The van der Waals surface area contributed by atoms with Gasteiger partial charge in [-0.05, 0) is 37.7 Å². The lowest BCUT2D eigenvalue weighted by molar-refractivity contribution is -0.143. The fourth-order valence-electron chi connectivity index (χ4n) is 2.46. The van der Waals surface area contributed by atoms with Gasteiger partial charge in [-0.25, -0.2) is 0 Å². The topological polar surface area (TPSA) is 66.4 Å². The van der Waals surface area contributed by atoms with Gasteiger partial charge in [0, 0.05) is 5.92 Å². The fraction of sp³-hybridized carbons (Fsp3) is 0.467. The van der Waals surface area contributed by atoms with E-state index >= 15 is 0 Å². The molecule has 1 saturated carbocycles. The van der Waals surface area contributed by atoms with E-state index in [1.165, 1.54) is 12.5 Å². The van der Waals surface area contributed by atoms with Crippen molar-refractivity contribution < 1.29 is 14.7 Å². The Balaban J connectivity index is 1.88. The molecule has 3 atom stereocenters. The van der Waals surface area contributed by atoms with E-state index in [-0.39, 0.29) is 11.8 Å². The van der Waals surface area contributed by atoms with Crippen LogP contribution in [0.4, 0.5) is 0 Å². The molecule has 1 aliphatic rings. The zero-order chi connectivity index (χ0) is 13.8. The van der Waals surface area contributed by atoms with Crippen LogP contribution in [0, 0.1) is 11.8 Å². The Morgan fingerprint density at radius 2 is 2.00 bits per heavy atom. The van der Waals surface area contributed by atoms with Crippen molar-refractivity contribution in [3.8, 4) is 0 Å². The van der Waals surface area contributed by atoms with Gasteiger partial charge in [-0.3, -0.25) is 9.59 Å². The van der Waals surface area contributed by atoms with Gasteiger partial charge in [-0.15, -0.1) is 0 Å². The molecule has 4 nitrogen and oxygen atoms in total. The number of carboxylic acid groups (broad SMARTS) is 1. The Bertz CT molecular complexity index is 458. The SMILES string of the molecule is C[C@@H](NC(=O)[C@@H]1CC[C@@H]1Cc1ccccc1)C(=O)O. The number of carbonyl (C=O) groups excluding carboxylic acids is 1. The molecule has 1 aromatic carbocycles. The summed E-state index contributed by atoms with van der Waals surface area (Å²) in [7, 11) is 0. The van der Waals surface area contributed by atoms with Crippen LogP contribution in [0.3, 0.4) is 0 Å². The molecular formula is C15H19NO3. The molecule has 0 heterocycles. The highest BCUT2D eigenvalue weighted by Gasteiger charge is 2.37. The van der Waals surface area contributed by atoms with E-state index in [0.717, 1.165) is 19.3 Å². The van der Waals surface area contributed by atoms with E-state index in [0.29, 0.717) is 5.92 Å². The third-order valence-corrected chi connectivity index (χ3v) is 3.82. The van der Waals surface area contributed by atoms with Gasteiger partial charge in [0.05, 0.1) is 0 Å². The van der Waals surface area contributed by atoms with E-state index in [4.69, 9.17) is 5.11 Å². The quantitative estimate of drug-likeness (QED) is 0.850. The monoisotopic (exact) mass is 261 g/mol. The van der Waals surface area contributed by atoms with Crippen molar-refractivity contribution in [3.05, 3.63) is 35.9 Å². The largest absolute Gasteiger partial charge is 0.480 e. The predicted molar refractivity (Wildman–Crippen MR) is 71.6 cm³/mol. The average Bonchev–Trinajstić information content (AvgIpc) is 2.35. The van der Waals surface area contributed by atoms with Crippen molar-refractivity contribution in [1.82, 2.24) is 5.32 Å². The highest BCUT2D eigenvalue weighted by atomic mass is 16.4. The molecule has 1 amide bonds. The summed E-state index contributed by atoms with van der Waals surface area (Å²) in [5.74, 6) is -0.820. The summed E-state index contributed by atoms with van der Waals surface area (Å²) >= 11 is 0. The Kier molecular flexibility index (Phi) is 4.20. The minimum Gasteiger partial charge on any atom is -0.480 e. The maximum absolute atomic E-state index is 12.0. The third kappa shape index (κ3) is 3.34. The van der Waals surface area contributed by atoms with Gasteiger partial charge < -0.3 is 10.4 Å². The van der Waals surface area contributed by atoms with Crippen molar-refractivity contribution in [1.29, 1.82) is 0 Å². The molecule has 2 rings (SSSR count). The van der Waals surface area contributed by atoms with Gasteiger partial charge in [0.2, 0.25) is 5.91 Å². The highest BCUT2D eigenvalue weighted by molar-refractivity contribution is 5.85. The smallest absolute Gasteiger partial charge is 0.325 e. The summed E-state index contributed by atoms with van der Waals surface area (Å²) in [6.45, 7) is 1.49. The molecule has 0 aliphatic heterocycles. The second-order valence-corrected chi connectivity index (χ2v) is 5.20. The van der Waals surface area contributed by atoms with E-state index < -0.39 is 12.0 Å². The van der Waals surface area contributed by atoms with Crippen LogP contribution in [-0.2, 0) is 16.0 Å². The molecule has 4 heteroatoms. The molecular weight excluding hydrogens is 242 g/mol. The highest BCUT2D eigenvalue weighted by Crippen LogP contribution is 2.37. The van der Waals surface area contributed by atoms with Gasteiger partial charge in [0.1, 0.15) is 6.04 Å². The summed E-state index contributed by atoms with van der Waals surface area (Å²) in [5.41, 5.74) is 1.23. The first-order chi connectivity index (χ1) is 9.08. The Hall–Kier alpha value is -1.84. The molecule has 1 aliphatic carbocycles. The summed E-state index contributed by atoms with van der Waals surface area (Å²) < 4.78 is 0. The number of hydrogen-bond donors (Lipinski definition) is 2. The summed E-state index contributed by atoms with van der Waals surface area (Å²) in [6, 6.07) is 9.28. The zero-order valence-corrected chi connectivity index (χ0v) is 11.0. The number of rotatable bonds is 5. The van der Waals surface area contributed by atoms with E-state index in [1.807, 2.05) is 18.2 Å². The van der Waals surface area contributed by atoms with Gasteiger partial charge in [-0.1, -0.05) is 30.3 Å². The van der Waals surface area contributed by atoms with Crippen LogP contribution in [0.15, 0.2) is 30.3 Å². The second kappa shape index (κ2) is 5.87. The third-order valence-electron chi connectivity index (χ3n) is 3.82. The van der Waals surface area contributed by atoms with E-state index in [1.54, 1.807) is 0 Å². The Morgan fingerprint density at radius 1 is 1.32 bits per heavy atom. The molecule has 0 spiro atoms. The number of carbonyl (C=O) groups is 2. The molecule has 102 valence electrons. The van der Waals surface area contributed by atoms with Crippen molar-refractivity contribution in [2.75, 3.05) is 0 Å². The minimum absolute atomic E-state index is 0.0398. The zero-order valence-electron chi connectivity index (χ0n) is 11.0. The van der Waals surface area contributed by atoms with Crippen LogP contribution in [0.1, 0.15) is 25.3 Å². The molecule has 1 fully saturated rings. The fourth-order valence-corrected chi connectivity index (χ4v) is 2.46. The molecule has 0 bridgehead atoms. The predicted octanol–water partition coefficient (Wildman–Crippen LogP) is 1.84. The molecule has 2 N–H and O–H groups in total. The number of aliphatic carboxylic acids is 1. The molecule has 0 unspecified atom stereocenters. The van der Waals surface area contributed by atoms with Crippen LogP contribution in [-0.4, -0.2) is 23.0 Å². The van der Waals surface area contributed by atoms with Crippen LogP contribution >= 0.6 is 0 Å². The van der Waals surface area contributed by atoms with E-state index in [2.05, 4.69) is 17.4 Å². The minimum atomic E-state index is -0.993. The summed E-state index contributed by atoms with van der Waals surface area (Å²) in [4.78, 5) is 22.7. The first kappa shape index (κ1) is 13.6. The standard InChI is InChI=1S/C15H19NO3/c1-10(15(18)19)16-14(17)13-8-7-12(13)9-11-5-3-2-4-6-11/h2-6,10,12-13H,7-9H2,1H3,(H,16,17)(H,18,19)/t10-,12-,13-/m1/s1. The van der Waals surface area contributed by atoms with Gasteiger partial charge in [0.15, 0.2) is 0 Å². The summed E-state index contributed by atoms with van der Waals surface area (Å²) in [5, 5.41) is 11.3. The normalized spacial score (nSPS) is 23.2. The molecule has 0 saturated heterocycles. The number of carboxylic acids is 1. The van der Waals surface area contributed by atoms with Crippen LogP contribution in [0.2, 0.25) is 0 Å². The van der Waals surface area contributed by atoms with Crippen molar-refractivity contribution in [2.45, 2.75) is 32.2 Å². The Morgan fingerprint density at radius 3 is 2.53 bits per heavy atom. The van der Waals surface area contributed by atoms with Crippen molar-refractivity contribution in [2.24, 2.45) is 11.8 Å². The Labute approximate surface area is 112 Å². The second-order valence-electron chi connectivity index (χ2n) is 5.20. The lowest BCUT2D eigenvalue weighted by atomic mass is 9.70. The van der Waals surface area contributed by atoms with Crippen LogP contribution < -0.4 is 5.32 Å². The average molecular weight is 261 g/mol. The lowest BCUT2D eigenvalue weighted by Gasteiger charge is -2.36. The van der Waals surface area contributed by atoms with Gasteiger partial charge >= 0.3 is 5.97 Å². The number of nitrogens with one attached hydrogen (secondary N) is 1. The molecule has 0 radical (unpaired) electrons. The van der Waals surface area contributed by atoms with Crippen molar-refractivity contribution >= 4 is 11.9 Å². The molecule has 1 aromatic rings. The molecule has 19 heavy (non-hydrogen) atoms. The van der Waals surface area contributed by atoms with Crippen LogP contribution in [0.25, 0.3) is 0 Å². The van der Waals surface area contributed by atoms with E-state index in [9.17, 15) is 9.59 Å². The van der Waals surface area contributed by atoms with Gasteiger partial charge in [-0.2, -0.15) is 0 Å². The molecule has 0 aromatic heterocycles. The maximum Gasteiger partial charge on any atom is 0.325 e. The van der Waals surface area contributed by atoms with Crippen molar-refractivity contribution in [3.63, 3.8) is 0 Å². The first-order valence-electron chi connectivity index (χ1n) is 6.65.